The third-order valence-electron chi connectivity index (χ3n) is 2.00. The molecule has 0 aliphatic carbocycles. The van der Waals surface area contributed by atoms with Gasteiger partial charge < -0.3 is 20.5 Å². The molecule has 0 radical (unpaired) electrons. The second-order valence-electron chi connectivity index (χ2n) is 3.20. The van der Waals surface area contributed by atoms with Crippen molar-refractivity contribution in [1.82, 2.24) is 15.3 Å². The van der Waals surface area contributed by atoms with Crippen molar-refractivity contribution >= 4 is 5.97 Å². The highest BCUT2D eigenvalue weighted by atomic mass is 16.4. The average Bonchev–Trinajstić information content (AvgIpc) is 2.69. The Morgan fingerprint density at radius 1 is 1.67 bits per heavy atom. The molecule has 1 aromatic rings. The van der Waals surface area contributed by atoms with Crippen molar-refractivity contribution in [3.05, 3.63) is 18.2 Å². The van der Waals surface area contributed by atoms with Gasteiger partial charge in [-0.05, 0) is 13.0 Å². The maximum Gasteiger partial charge on any atom is 0.321 e. The number of hydrogen-bond donors (Lipinski definition) is 4. The molecule has 0 aliphatic rings. The van der Waals surface area contributed by atoms with Gasteiger partial charge in [-0.3, -0.25) is 4.79 Å². The Hall–Kier alpha value is -1.40. The standard InChI is InChI=1S/C9H15N3O3/c13-3-1-2-11-8(9(14)15)4-7-5-10-6-12-7/h5-6,8,11,13H,1-4H2,(H,10,12)(H,14,15)/t8-/m0/s1. The second kappa shape index (κ2) is 6.15. The zero-order chi connectivity index (χ0) is 11.1. The smallest absolute Gasteiger partial charge is 0.321 e. The Morgan fingerprint density at radius 2 is 2.47 bits per heavy atom. The highest BCUT2D eigenvalue weighted by molar-refractivity contribution is 5.73. The van der Waals surface area contributed by atoms with E-state index in [1.807, 2.05) is 0 Å². The summed E-state index contributed by atoms with van der Waals surface area (Å²) in [6.07, 6.45) is 4.03. The molecule has 15 heavy (non-hydrogen) atoms. The Morgan fingerprint density at radius 3 is 3.00 bits per heavy atom. The molecule has 84 valence electrons. The van der Waals surface area contributed by atoms with Crippen LogP contribution < -0.4 is 5.32 Å². The number of hydrogen-bond acceptors (Lipinski definition) is 4. The summed E-state index contributed by atoms with van der Waals surface area (Å²) >= 11 is 0. The molecule has 0 fully saturated rings. The fourth-order valence-electron chi connectivity index (χ4n) is 1.22. The van der Waals surface area contributed by atoms with Gasteiger partial charge in [-0.2, -0.15) is 0 Å². The molecule has 0 aliphatic heterocycles. The second-order valence-corrected chi connectivity index (χ2v) is 3.20. The van der Waals surface area contributed by atoms with Gasteiger partial charge in [0.1, 0.15) is 6.04 Å². The summed E-state index contributed by atoms with van der Waals surface area (Å²) < 4.78 is 0. The first-order valence-electron chi connectivity index (χ1n) is 4.78. The van der Waals surface area contributed by atoms with Crippen LogP contribution >= 0.6 is 0 Å². The van der Waals surface area contributed by atoms with Gasteiger partial charge in [0.05, 0.1) is 6.33 Å². The van der Waals surface area contributed by atoms with Crippen LogP contribution in [0.3, 0.4) is 0 Å². The van der Waals surface area contributed by atoms with Crippen molar-refractivity contribution in [3.8, 4) is 0 Å². The summed E-state index contributed by atoms with van der Waals surface area (Å²) in [5, 5.41) is 20.3. The monoisotopic (exact) mass is 213 g/mol. The molecular weight excluding hydrogens is 198 g/mol. The first-order chi connectivity index (χ1) is 7.24. The van der Waals surface area contributed by atoms with E-state index in [-0.39, 0.29) is 6.61 Å². The lowest BCUT2D eigenvalue weighted by molar-refractivity contribution is -0.139. The number of aliphatic hydroxyl groups excluding tert-OH is 1. The molecule has 1 atom stereocenters. The minimum absolute atomic E-state index is 0.0589. The maximum atomic E-state index is 10.9. The van der Waals surface area contributed by atoms with Gasteiger partial charge in [0, 0.05) is 24.9 Å². The van der Waals surface area contributed by atoms with E-state index in [2.05, 4.69) is 15.3 Å². The number of carboxylic acid groups (broad SMARTS) is 1. The predicted molar refractivity (Wildman–Crippen MR) is 53.4 cm³/mol. The summed E-state index contributed by atoms with van der Waals surface area (Å²) in [7, 11) is 0. The predicted octanol–water partition coefficient (Wildman–Crippen LogP) is -0.623. The van der Waals surface area contributed by atoms with Gasteiger partial charge in [0.2, 0.25) is 0 Å². The van der Waals surface area contributed by atoms with Crippen LogP contribution in [0.25, 0.3) is 0 Å². The van der Waals surface area contributed by atoms with E-state index in [1.165, 1.54) is 6.33 Å². The Balaban J connectivity index is 2.40. The molecule has 1 rings (SSSR count). The summed E-state index contributed by atoms with van der Waals surface area (Å²) in [6.45, 7) is 0.547. The summed E-state index contributed by atoms with van der Waals surface area (Å²) in [4.78, 5) is 17.5. The SMILES string of the molecule is O=C(O)[C@H](Cc1cnc[nH]1)NCCCO. The van der Waals surface area contributed by atoms with Crippen molar-refractivity contribution in [2.45, 2.75) is 18.9 Å². The molecule has 1 heterocycles. The number of imidazole rings is 1. The van der Waals surface area contributed by atoms with Gasteiger partial charge in [0.25, 0.3) is 0 Å². The molecule has 0 bridgehead atoms. The van der Waals surface area contributed by atoms with Gasteiger partial charge in [-0.25, -0.2) is 4.98 Å². The Bertz CT molecular complexity index is 287. The van der Waals surface area contributed by atoms with E-state index in [1.54, 1.807) is 6.20 Å². The topological polar surface area (TPSA) is 98.2 Å². The van der Waals surface area contributed by atoms with Crippen LogP contribution in [0.1, 0.15) is 12.1 Å². The minimum atomic E-state index is -0.900. The van der Waals surface area contributed by atoms with Crippen LogP contribution in [0.5, 0.6) is 0 Å². The number of aliphatic hydroxyl groups is 1. The Labute approximate surface area is 87.3 Å². The third-order valence-corrected chi connectivity index (χ3v) is 2.00. The van der Waals surface area contributed by atoms with Crippen LogP contribution in [0.4, 0.5) is 0 Å². The summed E-state index contributed by atoms with van der Waals surface area (Å²) in [5.41, 5.74) is 0.777. The molecule has 0 saturated heterocycles. The van der Waals surface area contributed by atoms with Crippen molar-refractivity contribution in [1.29, 1.82) is 0 Å². The number of H-pyrrole nitrogens is 1. The average molecular weight is 213 g/mol. The van der Waals surface area contributed by atoms with Crippen LogP contribution in [0.15, 0.2) is 12.5 Å². The lowest BCUT2D eigenvalue weighted by atomic mass is 10.1. The van der Waals surface area contributed by atoms with Crippen molar-refractivity contribution in [2.24, 2.45) is 0 Å². The fraction of sp³-hybridized carbons (Fsp3) is 0.556. The van der Waals surface area contributed by atoms with Crippen molar-refractivity contribution in [2.75, 3.05) is 13.2 Å². The fourth-order valence-corrected chi connectivity index (χ4v) is 1.22. The van der Waals surface area contributed by atoms with E-state index >= 15 is 0 Å². The van der Waals surface area contributed by atoms with E-state index < -0.39 is 12.0 Å². The van der Waals surface area contributed by atoms with Gasteiger partial charge in [-0.15, -0.1) is 0 Å². The molecular formula is C9H15N3O3. The normalized spacial score (nSPS) is 12.6. The third kappa shape index (κ3) is 4.09. The molecule has 4 N–H and O–H groups in total. The van der Waals surface area contributed by atoms with E-state index in [4.69, 9.17) is 10.2 Å². The molecule has 0 spiro atoms. The molecule has 0 amide bonds. The summed E-state index contributed by atoms with van der Waals surface area (Å²) in [5.74, 6) is -0.900. The quantitative estimate of drug-likeness (QED) is 0.452. The Kier molecular flexibility index (Phi) is 4.79. The molecule has 0 unspecified atom stereocenters. The molecule has 1 aromatic heterocycles. The largest absolute Gasteiger partial charge is 0.480 e. The molecule has 6 heteroatoms. The molecule has 6 nitrogen and oxygen atoms in total. The number of carboxylic acids is 1. The number of aliphatic carboxylic acids is 1. The van der Waals surface area contributed by atoms with Crippen LogP contribution in [-0.4, -0.2) is 45.3 Å². The van der Waals surface area contributed by atoms with E-state index in [9.17, 15) is 4.79 Å². The first-order valence-corrected chi connectivity index (χ1v) is 4.78. The van der Waals surface area contributed by atoms with Crippen LogP contribution in [0.2, 0.25) is 0 Å². The molecule has 0 saturated carbocycles. The van der Waals surface area contributed by atoms with Crippen molar-refractivity contribution < 1.29 is 15.0 Å². The highest BCUT2D eigenvalue weighted by Crippen LogP contribution is 1.98. The molecule has 0 aromatic carbocycles. The number of carbonyl (C=O) groups is 1. The van der Waals surface area contributed by atoms with Crippen LogP contribution in [-0.2, 0) is 11.2 Å². The number of aromatic nitrogens is 2. The van der Waals surface area contributed by atoms with Gasteiger partial charge in [0.15, 0.2) is 0 Å². The first kappa shape index (κ1) is 11.7. The minimum Gasteiger partial charge on any atom is -0.480 e. The number of aromatic amines is 1. The number of rotatable bonds is 7. The lowest BCUT2D eigenvalue weighted by Crippen LogP contribution is -2.39. The number of nitrogens with one attached hydrogen (secondary N) is 2. The lowest BCUT2D eigenvalue weighted by Gasteiger charge is -2.12. The highest BCUT2D eigenvalue weighted by Gasteiger charge is 2.17. The van der Waals surface area contributed by atoms with E-state index in [0.717, 1.165) is 5.69 Å². The zero-order valence-electron chi connectivity index (χ0n) is 8.31. The zero-order valence-corrected chi connectivity index (χ0v) is 8.31. The van der Waals surface area contributed by atoms with Gasteiger partial charge >= 0.3 is 5.97 Å². The maximum absolute atomic E-state index is 10.9. The summed E-state index contributed by atoms with van der Waals surface area (Å²) in [6, 6.07) is -0.642. The van der Waals surface area contributed by atoms with E-state index in [0.29, 0.717) is 19.4 Å². The number of nitrogens with zero attached hydrogens (tertiary/aromatic N) is 1. The van der Waals surface area contributed by atoms with Crippen molar-refractivity contribution in [3.63, 3.8) is 0 Å². The van der Waals surface area contributed by atoms with Gasteiger partial charge in [-0.1, -0.05) is 0 Å². The van der Waals surface area contributed by atoms with Crippen LogP contribution in [0, 0.1) is 0 Å².